The first-order valence-electron chi connectivity index (χ1n) is 11.9. The first kappa shape index (κ1) is 28.4. The number of benzene rings is 1. The number of ether oxygens (including phenoxy) is 2. The first-order valence-corrected chi connectivity index (χ1v) is 13.4. The van der Waals surface area contributed by atoms with Crippen LogP contribution in [-0.4, -0.2) is 82.5 Å². The van der Waals surface area contributed by atoms with Gasteiger partial charge in [0.2, 0.25) is 16.0 Å². The van der Waals surface area contributed by atoms with E-state index in [1.165, 1.54) is 30.6 Å². The van der Waals surface area contributed by atoms with Gasteiger partial charge in [-0.2, -0.15) is 0 Å². The molecule has 15 heteroatoms. The fraction of sp³-hybridized carbons (Fsp3) is 0.280. The van der Waals surface area contributed by atoms with Crippen molar-refractivity contribution in [3.63, 3.8) is 0 Å². The van der Waals surface area contributed by atoms with Crippen molar-refractivity contribution in [2.24, 2.45) is 0 Å². The lowest BCUT2D eigenvalue weighted by atomic mass is 10.2. The summed E-state index contributed by atoms with van der Waals surface area (Å²) >= 11 is 0. The minimum atomic E-state index is -4.10. The van der Waals surface area contributed by atoms with Gasteiger partial charge in [0.05, 0.1) is 31.9 Å². The molecule has 40 heavy (non-hydrogen) atoms. The first-order chi connectivity index (χ1) is 19.1. The standard InChI is InChI=1S/C25H27FN8O5S/c1-15(12-21-27-13-16(26)14-28-21)40(36,37)32-25-31-30-23(17-8-6-9-18(29-17)24(35)33(2)3)34(25)22-19(38-4)10-7-11-20(22)39-5/h6-11,13-15H,12H2,1-5H3,(H,31,32). The molecule has 0 bridgehead atoms. The number of hydrogen-bond acceptors (Lipinski definition) is 10. The van der Waals surface area contributed by atoms with Crippen molar-refractivity contribution in [2.75, 3.05) is 33.0 Å². The zero-order valence-electron chi connectivity index (χ0n) is 22.4. The lowest BCUT2D eigenvalue weighted by Crippen LogP contribution is -2.29. The lowest BCUT2D eigenvalue weighted by Gasteiger charge is -2.19. The second-order valence-corrected chi connectivity index (χ2v) is 10.9. The van der Waals surface area contributed by atoms with Crippen molar-refractivity contribution in [3.05, 3.63) is 66.1 Å². The van der Waals surface area contributed by atoms with Gasteiger partial charge >= 0.3 is 0 Å². The van der Waals surface area contributed by atoms with Gasteiger partial charge in [0.25, 0.3) is 5.91 Å². The molecule has 1 aromatic carbocycles. The summed E-state index contributed by atoms with van der Waals surface area (Å²) < 4.78 is 54.9. The smallest absolute Gasteiger partial charge is 0.271 e. The van der Waals surface area contributed by atoms with Gasteiger partial charge in [-0.15, -0.1) is 10.2 Å². The minimum Gasteiger partial charge on any atom is -0.494 e. The molecule has 0 aliphatic carbocycles. The summed E-state index contributed by atoms with van der Waals surface area (Å²) in [6.07, 6.45) is 1.84. The summed E-state index contributed by atoms with van der Waals surface area (Å²) in [5.41, 5.74) is 0.691. The largest absolute Gasteiger partial charge is 0.494 e. The number of methoxy groups -OCH3 is 2. The van der Waals surface area contributed by atoms with Gasteiger partial charge in [-0.1, -0.05) is 12.1 Å². The highest BCUT2D eigenvalue weighted by Gasteiger charge is 2.29. The van der Waals surface area contributed by atoms with Crippen LogP contribution in [-0.2, 0) is 16.4 Å². The number of amides is 1. The van der Waals surface area contributed by atoms with Crippen LogP contribution < -0.4 is 14.2 Å². The maximum atomic E-state index is 13.4. The Labute approximate surface area is 230 Å². The molecule has 0 aliphatic rings. The number of anilines is 1. The number of pyridine rings is 1. The molecular weight excluding hydrogens is 543 g/mol. The minimum absolute atomic E-state index is 0.0924. The fourth-order valence-corrected chi connectivity index (χ4v) is 4.68. The second-order valence-electron chi connectivity index (χ2n) is 8.78. The van der Waals surface area contributed by atoms with Crippen LogP contribution in [0.25, 0.3) is 17.2 Å². The monoisotopic (exact) mass is 570 g/mol. The van der Waals surface area contributed by atoms with Crippen LogP contribution in [0.4, 0.5) is 10.3 Å². The van der Waals surface area contributed by atoms with Crippen molar-refractivity contribution in [1.82, 2.24) is 34.6 Å². The van der Waals surface area contributed by atoms with Crippen molar-refractivity contribution >= 4 is 21.9 Å². The van der Waals surface area contributed by atoms with E-state index in [4.69, 9.17) is 9.47 Å². The van der Waals surface area contributed by atoms with Crippen LogP contribution in [0.3, 0.4) is 0 Å². The van der Waals surface area contributed by atoms with Gasteiger partial charge in [0.15, 0.2) is 11.6 Å². The van der Waals surface area contributed by atoms with E-state index in [-0.39, 0.29) is 41.3 Å². The van der Waals surface area contributed by atoms with Crippen LogP contribution in [0.1, 0.15) is 23.2 Å². The number of carbonyl (C=O) groups excluding carboxylic acids is 1. The molecule has 1 atom stereocenters. The summed E-state index contributed by atoms with van der Waals surface area (Å²) in [4.78, 5) is 26.1. The Morgan fingerprint density at radius 3 is 2.27 bits per heavy atom. The van der Waals surface area contributed by atoms with Crippen LogP contribution in [0.2, 0.25) is 0 Å². The molecule has 210 valence electrons. The summed E-state index contributed by atoms with van der Waals surface area (Å²) in [7, 11) is 2.00. The molecule has 0 aliphatic heterocycles. The number of carbonyl (C=O) groups is 1. The van der Waals surface area contributed by atoms with Crippen LogP contribution >= 0.6 is 0 Å². The van der Waals surface area contributed by atoms with Gasteiger partial charge in [-0.05, 0) is 31.2 Å². The van der Waals surface area contributed by atoms with Gasteiger partial charge in [-0.3, -0.25) is 14.1 Å². The molecule has 0 saturated heterocycles. The average molecular weight is 571 g/mol. The van der Waals surface area contributed by atoms with Crippen molar-refractivity contribution in [3.8, 4) is 28.7 Å². The number of nitrogens with zero attached hydrogens (tertiary/aromatic N) is 7. The summed E-state index contributed by atoms with van der Waals surface area (Å²) in [6, 6.07) is 9.82. The van der Waals surface area contributed by atoms with Crippen molar-refractivity contribution in [2.45, 2.75) is 18.6 Å². The molecule has 1 amide bonds. The van der Waals surface area contributed by atoms with Crippen LogP contribution in [0, 0.1) is 5.82 Å². The molecule has 1 unspecified atom stereocenters. The van der Waals surface area contributed by atoms with Gasteiger partial charge in [0, 0.05) is 20.5 Å². The van der Waals surface area contributed by atoms with Crippen LogP contribution in [0.15, 0.2) is 48.8 Å². The molecule has 0 saturated carbocycles. The molecule has 3 heterocycles. The molecule has 0 radical (unpaired) electrons. The number of para-hydroxylation sites is 1. The highest BCUT2D eigenvalue weighted by Crippen LogP contribution is 2.37. The average Bonchev–Trinajstić information content (AvgIpc) is 3.35. The number of rotatable bonds is 10. The Morgan fingerprint density at radius 1 is 1.05 bits per heavy atom. The molecule has 13 nitrogen and oxygen atoms in total. The highest BCUT2D eigenvalue weighted by atomic mass is 32.2. The van der Waals surface area contributed by atoms with E-state index >= 15 is 0 Å². The number of aromatic nitrogens is 6. The Balaban J connectivity index is 1.84. The second kappa shape index (κ2) is 11.6. The molecule has 3 aromatic heterocycles. The SMILES string of the molecule is COc1cccc(OC)c1-n1c(NS(=O)(=O)C(C)Cc2ncc(F)cn2)nnc1-c1cccc(C(=O)N(C)C)n1. The molecule has 0 fully saturated rings. The molecular formula is C25H27FN8O5S. The fourth-order valence-electron chi connectivity index (χ4n) is 3.73. The lowest BCUT2D eigenvalue weighted by molar-refractivity contribution is 0.0822. The van der Waals surface area contributed by atoms with E-state index < -0.39 is 21.1 Å². The summed E-state index contributed by atoms with van der Waals surface area (Å²) in [6.45, 7) is 1.46. The van der Waals surface area contributed by atoms with Gasteiger partial charge < -0.3 is 14.4 Å². The third-order valence-corrected chi connectivity index (χ3v) is 7.49. The Morgan fingerprint density at radius 2 is 1.68 bits per heavy atom. The summed E-state index contributed by atoms with van der Waals surface area (Å²) in [5, 5.41) is 7.29. The molecule has 1 N–H and O–H groups in total. The number of halogens is 1. The van der Waals surface area contributed by atoms with E-state index in [0.717, 1.165) is 12.4 Å². The highest BCUT2D eigenvalue weighted by molar-refractivity contribution is 7.93. The Bertz CT molecular complexity index is 1600. The maximum absolute atomic E-state index is 13.4. The van der Waals surface area contributed by atoms with E-state index in [2.05, 4.69) is 29.9 Å². The van der Waals surface area contributed by atoms with Crippen molar-refractivity contribution in [1.29, 1.82) is 0 Å². The predicted molar refractivity (Wildman–Crippen MR) is 143 cm³/mol. The van der Waals surface area contributed by atoms with Crippen molar-refractivity contribution < 1.29 is 27.1 Å². The zero-order valence-corrected chi connectivity index (χ0v) is 23.2. The Hall–Kier alpha value is -4.66. The molecule has 0 spiro atoms. The maximum Gasteiger partial charge on any atom is 0.271 e. The topological polar surface area (TPSA) is 154 Å². The third kappa shape index (κ3) is 5.83. The van der Waals surface area contributed by atoms with E-state index in [1.54, 1.807) is 50.5 Å². The number of sulfonamides is 1. The predicted octanol–water partition coefficient (Wildman–Crippen LogP) is 2.35. The van der Waals surface area contributed by atoms with E-state index in [0.29, 0.717) is 17.2 Å². The normalized spacial score (nSPS) is 12.1. The Kier molecular flexibility index (Phi) is 8.23. The number of hydrogen-bond donors (Lipinski definition) is 1. The summed E-state index contributed by atoms with van der Waals surface area (Å²) in [5.74, 6) is -0.226. The van der Waals surface area contributed by atoms with Gasteiger partial charge in [-0.25, -0.2) is 27.8 Å². The molecule has 4 rings (SSSR count). The third-order valence-electron chi connectivity index (χ3n) is 5.80. The quantitative estimate of drug-likeness (QED) is 0.300. The van der Waals surface area contributed by atoms with E-state index in [9.17, 15) is 17.6 Å². The molecule has 4 aromatic rings. The zero-order chi connectivity index (χ0) is 29.0. The van der Waals surface area contributed by atoms with Gasteiger partial charge in [0.1, 0.15) is 34.4 Å². The number of nitrogens with one attached hydrogen (secondary N) is 1. The van der Waals surface area contributed by atoms with Crippen LogP contribution in [0.5, 0.6) is 11.5 Å². The van der Waals surface area contributed by atoms with E-state index in [1.807, 2.05) is 0 Å².